The second kappa shape index (κ2) is 6.71. The van der Waals surface area contributed by atoms with Crippen molar-refractivity contribution in [3.05, 3.63) is 58.1 Å². The van der Waals surface area contributed by atoms with E-state index in [2.05, 4.69) is 5.32 Å². The summed E-state index contributed by atoms with van der Waals surface area (Å²) >= 11 is 6.18. The van der Waals surface area contributed by atoms with Gasteiger partial charge in [-0.05, 0) is 35.4 Å². The predicted molar refractivity (Wildman–Crippen MR) is 92.2 cm³/mol. The average Bonchev–Trinajstić information content (AvgIpc) is 2.92. The molecule has 0 aliphatic carbocycles. The van der Waals surface area contributed by atoms with Crippen LogP contribution in [0, 0.1) is 0 Å². The van der Waals surface area contributed by atoms with Gasteiger partial charge in [0.25, 0.3) is 0 Å². The number of fused-ring (bicyclic) bond motifs is 1. The van der Waals surface area contributed by atoms with Crippen LogP contribution in [0.15, 0.2) is 36.4 Å². The Hall–Kier alpha value is -1.52. The highest BCUT2D eigenvalue weighted by Gasteiger charge is 2.17. The molecule has 1 atom stereocenters. The van der Waals surface area contributed by atoms with Crippen molar-refractivity contribution in [3.8, 4) is 5.75 Å². The molecule has 1 heterocycles. The molecule has 22 heavy (non-hydrogen) atoms. The van der Waals surface area contributed by atoms with E-state index in [9.17, 15) is 4.21 Å². The molecule has 2 aromatic carbocycles. The topological polar surface area (TPSA) is 38.3 Å². The molecule has 1 unspecified atom stereocenters. The highest BCUT2D eigenvalue weighted by Crippen LogP contribution is 2.33. The Labute approximate surface area is 138 Å². The zero-order valence-electron chi connectivity index (χ0n) is 12.4. The third kappa shape index (κ3) is 3.62. The maximum absolute atomic E-state index is 11.3. The minimum Gasteiger partial charge on any atom is -0.493 e. The van der Waals surface area contributed by atoms with Crippen LogP contribution in [-0.4, -0.2) is 17.1 Å². The Morgan fingerprint density at radius 2 is 2.18 bits per heavy atom. The number of ether oxygens (including phenoxy) is 1. The van der Waals surface area contributed by atoms with E-state index in [1.807, 2.05) is 36.4 Å². The number of hydrogen-bond donors (Lipinski definition) is 1. The summed E-state index contributed by atoms with van der Waals surface area (Å²) in [7, 11) is -0.833. The SMILES string of the molecule is CS(=O)Cc1cccc(NCc2cc(Cl)cc3c2OCC3)c1. The van der Waals surface area contributed by atoms with Crippen LogP contribution in [0.5, 0.6) is 5.75 Å². The summed E-state index contributed by atoms with van der Waals surface area (Å²) in [5, 5.41) is 4.14. The molecule has 0 aromatic heterocycles. The Kier molecular flexibility index (Phi) is 4.69. The van der Waals surface area contributed by atoms with Crippen molar-refractivity contribution in [1.82, 2.24) is 0 Å². The van der Waals surface area contributed by atoms with E-state index in [0.717, 1.165) is 40.6 Å². The molecule has 116 valence electrons. The van der Waals surface area contributed by atoms with E-state index >= 15 is 0 Å². The zero-order chi connectivity index (χ0) is 15.5. The molecule has 1 N–H and O–H groups in total. The average molecular weight is 336 g/mol. The summed E-state index contributed by atoms with van der Waals surface area (Å²) in [5.74, 6) is 1.54. The normalized spacial score (nSPS) is 14.3. The standard InChI is InChI=1S/C17H18ClNO2S/c1-22(20)11-12-3-2-4-16(7-12)19-10-14-9-15(18)8-13-5-6-21-17(13)14/h2-4,7-9,19H,5-6,10-11H2,1H3. The molecule has 0 bridgehead atoms. The van der Waals surface area contributed by atoms with Crippen LogP contribution in [0.25, 0.3) is 0 Å². The molecule has 3 rings (SSSR count). The fraction of sp³-hybridized carbons (Fsp3) is 0.294. The molecule has 0 radical (unpaired) electrons. The first-order chi connectivity index (χ1) is 10.6. The quantitative estimate of drug-likeness (QED) is 0.904. The van der Waals surface area contributed by atoms with Gasteiger partial charge < -0.3 is 10.1 Å². The van der Waals surface area contributed by atoms with Gasteiger partial charge in [0.05, 0.1) is 6.61 Å². The highest BCUT2D eigenvalue weighted by atomic mass is 35.5. The van der Waals surface area contributed by atoms with Gasteiger partial charge in [-0.2, -0.15) is 0 Å². The Morgan fingerprint density at radius 3 is 3.00 bits per heavy atom. The molecular weight excluding hydrogens is 318 g/mol. The van der Waals surface area contributed by atoms with Gasteiger partial charge in [0.15, 0.2) is 0 Å². The van der Waals surface area contributed by atoms with Gasteiger partial charge in [0.2, 0.25) is 0 Å². The van der Waals surface area contributed by atoms with Gasteiger partial charge in [-0.15, -0.1) is 0 Å². The Bertz CT molecular complexity index is 718. The summed E-state index contributed by atoms with van der Waals surface area (Å²) in [6.07, 6.45) is 2.63. The maximum Gasteiger partial charge on any atom is 0.127 e. The van der Waals surface area contributed by atoms with Crippen molar-refractivity contribution in [2.24, 2.45) is 0 Å². The van der Waals surface area contributed by atoms with Gasteiger partial charge in [-0.25, -0.2) is 0 Å². The second-order valence-electron chi connectivity index (χ2n) is 5.42. The fourth-order valence-corrected chi connectivity index (χ4v) is 3.59. The third-order valence-electron chi connectivity index (χ3n) is 3.61. The van der Waals surface area contributed by atoms with Crippen molar-refractivity contribution in [2.75, 3.05) is 18.2 Å². The number of benzene rings is 2. The molecule has 0 amide bonds. The molecule has 1 aliphatic rings. The molecule has 0 saturated carbocycles. The third-order valence-corrected chi connectivity index (χ3v) is 4.56. The van der Waals surface area contributed by atoms with Crippen LogP contribution in [0.1, 0.15) is 16.7 Å². The molecular formula is C17H18ClNO2S. The van der Waals surface area contributed by atoms with E-state index in [-0.39, 0.29) is 0 Å². The maximum atomic E-state index is 11.3. The summed E-state index contributed by atoms with van der Waals surface area (Å²) in [6.45, 7) is 1.38. The molecule has 0 fully saturated rings. The molecule has 0 spiro atoms. The summed E-state index contributed by atoms with van der Waals surface area (Å²) < 4.78 is 17.0. The molecule has 2 aromatic rings. The Balaban J connectivity index is 1.74. The fourth-order valence-electron chi connectivity index (χ4n) is 2.68. The van der Waals surface area contributed by atoms with Gasteiger partial charge >= 0.3 is 0 Å². The van der Waals surface area contributed by atoms with Gasteiger partial charge in [-0.3, -0.25) is 4.21 Å². The van der Waals surface area contributed by atoms with E-state index in [0.29, 0.717) is 12.3 Å². The van der Waals surface area contributed by atoms with E-state index in [1.165, 1.54) is 5.56 Å². The first-order valence-corrected chi connectivity index (χ1v) is 9.29. The van der Waals surface area contributed by atoms with Crippen LogP contribution in [0.3, 0.4) is 0 Å². The number of rotatable bonds is 5. The summed E-state index contributed by atoms with van der Waals surface area (Å²) in [4.78, 5) is 0. The highest BCUT2D eigenvalue weighted by molar-refractivity contribution is 7.83. The van der Waals surface area contributed by atoms with Crippen molar-refractivity contribution >= 4 is 28.1 Å². The smallest absolute Gasteiger partial charge is 0.127 e. The number of anilines is 1. The van der Waals surface area contributed by atoms with Crippen LogP contribution in [-0.2, 0) is 29.5 Å². The summed E-state index contributed by atoms with van der Waals surface area (Å²) in [6, 6.07) is 11.9. The lowest BCUT2D eigenvalue weighted by atomic mass is 10.1. The van der Waals surface area contributed by atoms with E-state index in [1.54, 1.807) is 6.26 Å². The zero-order valence-corrected chi connectivity index (χ0v) is 14.0. The monoisotopic (exact) mass is 335 g/mol. The van der Waals surface area contributed by atoms with Gasteiger partial charge in [0.1, 0.15) is 5.75 Å². The second-order valence-corrected chi connectivity index (χ2v) is 7.29. The van der Waals surface area contributed by atoms with Crippen LogP contribution in [0.4, 0.5) is 5.69 Å². The summed E-state index contributed by atoms with van der Waals surface area (Å²) in [5.41, 5.74) is 4.33. The Morgan fingerprint density at radius 1 is 1.32 bits per heavy atom. The largest absolute Gasteiger partial charge is 0.493 e. The first-order valence-electron chi connectivity index (χ1n) is 7.19. The lowest BCUT2D eigenvalue weighted by Crippen LogP contribution is -2.02. The predicted octanol–water partition coefficient (Wildman–Crippen LogP) is 3.77. The van der Waals surface area contributed by atoms with E-state index in [4.69, 9.17) is 16.3 Å². The number of halogens is 1. The number of hydrogen-bond acceptors (Lipinski definition) is 3. The molecule has 0 saturated heterocycles. The first kappa shape index (κ1) is 15.4. The minimum atomic E-state index is -0.833. The van der Waals surface area contributed by atoms with Crippen molar-refractivity contribution in [2.45, 2.75) is 18.7 Å². The number of nitrogens with one attached hydrogen (secondary N) is 1. The lowest BCUT2D eigenvalue weighted by Gasteiger charge is -2.12. The minimum absolute atomic E-state index is 0.575. The molecule has 1 aliphatic heterocycles. The molecule has 3 nitrogen and oxygen atoms in total. The van der Waals surface area contributed by atoms with Crippen molar-refractivity contribution in [1.29, 1.82) is 0 Å². The van der Waals surface area contributed by atoms with Crippen LogP contribution < -0.4 is 10.1 Å². The van der Waals surface area contributed by atoms with Crippen molar-refractivity contribution < 1.29 is 8.95 Å². The van der Waals surface area contributed by atoms with Crippen molar-refractivity contribution in [3.63, 3.8) is 0 Å². The van der Waals surface area contributed by atoms with E-state index < -0.39 is 10.8 Å². The van der Waals surface area contributed by atoms with Crippen LogP contribution in [0.2, 0.25) is 5.02 Å². The van der Waals surface area contributed by atoms with Gasteiger partial charge in [0, 0.05) is 52.0 Å². The molecule has 5 heteroatoms. The lowest BCUT2D eigenvalue weighted by molar-refractivity contribution is 0.354. The van der Waals surface area contributed by atoms with Gasteiger partial charge in [-0.1, -0.05) is 23.7 Å². The van der Waals surface area contributed by atoms with Crippen LogP contribution >= 0.6 is 11.6 Å².